The Labute approximate surface area is 203 Å². The molecule has 7 nitrogen and oxygen atoms in total. The van der Waals surface area contributed by atoms with Crippen molar-refractivity contribution in [1.29, 1.82) is 0 Å². The molecule has 0 radical (unpaired) electrons. The first kappa shape index (κ1) is 22.6. The number of halogens is 1. The molecule has 2 aromatic carbocycles. The highest BCUT2D eigenvalue weighted by molar-refractivity contribution is 6.30. The maximum absolute atomic E-state index is 13.3. The van der Waals surface area contributed by atoms with Gasteiger partial charge in [0.05, 0.1) is 25.1 Å². The van der Waals surface area contributed by atoms with Crippen molar-refractivity contribution < 1.29 is 23.7 Å². The average molecular weight is 483 g/mol. The highest BCUT2D eigenvalue weighted by Gasteiger charge is 2.44. The van der Waals surface area contributed by atoms with Gasteiger partial charge in [0.1, 0.15) is 12.4 Å². The number of methoxy groups -OCH3 is 2. The molecule has 0 N–H and O–H groups in total. The van der Waals surface area contributed by atoms with E-state index in [1.807, 2.05) is 35.4 Å². The number of fused-ring (bicyclic) bond motifs is 4. The van der Waals surface area contributed by atoms with Crippen LogP contribution < -0.4 is 14.2 Å². The Bertz CT molecular complexity index is 1200. The van der Waals surface area contributed by atoms with Gasteiger partial charge in [0.15, 0.2) is 17.1 Å². The van der Waals surface area contributed by atoms with Crippen LogP contribution in [0.3, 0.4) is 0 Å². The Kier molecular flexibility index (Phi) is 6.15. The Morgan fingerprint density at radius 3 is 2.65 bits per heavy atom. The molecule has 5 rings (SSSR count). The molecular formula is C26H27ClN2O5. The summed E-state index contributed by atoms with van der Waals surface area (Å²) in [5, 5.41) is 0.640. The predicted molar refractivity (Wildman–Crippen MR) is 129 cm³/mol. The van der Waals surface area contributed by atoms with E-state index in [0.717, 1.165) is 17.1 Å². The number of nitrogens with zero attached hydrogens (tertiary/aromatic N) is 2. The van der Waals surface area contributed by atoms with Gasteiger partial charge in [0.2, 0.25) is 0 Å². The third-order valence-electron chi connectivity index (χ3n) is 6.52. The molecule has 34 heavy (non-hydrogen) atoms. The average Bonchev–Trinajstić information content (AvgIpc) is 3.36. The van der Waals surface area contributed by atoms with Crippen molar-refractivity contribution in [2.45, 2.75) is 18.4 Å². The van der Waals surface area contributed by atoms with Crippen molar-refractivity contribution >= 4 is 17.5 Å². The number of aromatic nitrogens is 1. The number of likely N-dealkylation sites (tertiary alicyclic amines) is 1. The monoisotopic (exact) mass is 482 g/mol. The molecule has 1 fully saturated rings. The number of rotatable bonds is 6. The molecule has 0 atom stereocenters. The van der Waals surface area contributed by atoms with E-state index in [0.29, 0.717) is 61.2 Å². The molecule has 2 aliphatic heterocycles. The largest absolute Gasteiger partial charge is 0.493 e. The van der Waals surface area contributed by atoms with Crippen molar-refractivity contribution in [1.82, 2.24) is 9.47 Å². The van der Waals surface area contributed by atoms with Gasteiger partial charge in [-0.05, 0) is 42.5 Å². The molecule has 1 aromatic heterocycles. The first-order valence-electron chi connectivity index (χ1n) is 11.3. The summed E-state index contributed by atoms with van der Waals surface area (Å²) in [6.07, 6.45) is 3.42. The van der Waals surface area contributed by atoms with E-state index in [4.69, 9.17) is 30.5 Å². The Morgan fingerprint density at radius 1 is 1.06 bits per heavy atom. The molecule has 8 heteroatoms. The summed E-state index contributed by atoms with van der Waals surface area (Å²) in [6, 6.07) is 15.1. The van der Waals surface area contributed by atoms with E-state index in [2.05, 4.69) is 10.6 Å². The van der Waals surface area contributed by atoms with Crippen LogP contribution in [0.1, 0.15) is 28.9 Å². The molecule has 2 aliphatic rings. The first-order valence-corrected chi connectivity index (χ1v) is 11.7. The first-order chi connectivity index (χ1) is 16.5. The van der Waals surface area contributed by atoms with E-state index < -0.39 is 5.60 Å². The lowest BCUT2D eigenvalue weighted by atomic mass is 9.86. The van der Waals surface area contributed by atoms with Crippen LogP contribution in [-0.4, -0.2) is 55.9 Å². The number of hydrogen-bond acceptors (Lipinski definition) is 5. The Morgan fingerprint density at radius 2 is 1.88 bits per heavy atom. The minimum atomic E-state index is -0.491. The highest BCUT2D eigenvalue weighted by atomic mass is 35.5. The second-order valence-electron chi connectivity index (χ2n) is 8.47. The van der Waals surface area contributed by atoms with Gasteiger partial charge in [0, 0.05) is 55.9 Å². The van der Waals surface area contributed by atoms with E-state index in [1.165, 1.54) is 0 Å². The van der Waals surface area contributed by atoms with Crippen molar-refractivity contribution in [3.8, 4) is 22.9 Å². The maximum atomic E-state index is 13.3. The van der Waals surface area contributed by atoms with Gasteiger partial charge in [-0.2, -0.15) is 0 Å². The third kappa shape index (κ3) is 3.99. The van der Waals surface area contributed by atoms with E-state index in [1.54, 1.807) is 32.4 Å². The highest BCUT2D eigenvalue weighted by Crippen LogP contribution is 2.46. The lowest BCUT2D eigenvalue weighted by Crippen LogP contribution is -2.50. The lowest BCUT2D eigenvalue weighted by molar-refractivity contribution is -0.00930. The number of ether oxygens (including phenoxy) is 4. The molecule has 178 valence electrons. The van der Waals surface area contributed by atoms with E-state index >= 15 is 0 Å². The lowest BCUT2D eigenvalue weighted by Gasteiger charge is -2.45. The molecule has 1 spiro atoms. The fourth-order valence-corrected chi connectivity index (χ4v) is 4.92. The summed E-state index contributed by atoms with van der Waals surface area (Å²) < 4.78 is 24.9. The van der Waals surface area contributed by atoms with Crippen molar-refractivity contribution in [3.05, 3.63) is 71.0 Å². The Hall–Kier alpha value is -3.16. The summed E-state index contributed by atoms with van der Waals surface area (Å²) in [6.45, 7) is 2.04. The van der Waals surface area contributed by atoms with Crippen molar-refractivity contribution in [2.24, 2.45) is 0 Å². The van der Waals surface area contributed by atoms with Crippen molar-refractivity contribution in [3.63, 3.8) is 0 Å². The molecule has 0 saturated carbocycles. The number of piperidine rings is 1. The predicted octanol–water partition coefficient (Wildman–Crippen LogP) is 4.69. The van der Waals surface area contributed by atoms with E-state index in [-0.39, 0.29) is 5.91 Å². The quantitative estimate of drug-likeness (QED) is 0.477. The molecular weight excluding hydrogens is 456 g/mol. The van der Waals surface area contributed by atoms with Crippen LogP contribution in [0.25, 0.3) is 5.69 Å². The third-order valence-corrected chi connectivity index (χ3v) is 6.75. The second kappa shape index (κ2) is 9.24. The van der Waals surface area contributed by atoms with Crippen LogP contribution in [0.5, 0.6) is 17.2 Å². The smallest absolute Gasteiger partial charge is 0.253 e. The number of hydrogen-bond donors (Lipinski definition) is 0. The molecule has 0 unspecified atom stereocenters. The standard InChI is InChI=1S/C26H27ClN2O5/c1-31-14-15-33-21-8-5-18(16-23(21)32-2)25(30)28-12-9-26(10-13-28)24-4-3-11-29(24)20-7-6-19(27)17-22(20)34-26/h3-8,11,16-17H,9-10,12-15H2,1-2H3. The van der Waals surface area contributed by atoms with Gasteiger partial charge < -0.3 is 28.4 Å². The van der Waals surface area contributed by atoms with E-state index in [9.17, 15) is 4.79 Å². The number of carbonyl (C=O) groups excluding carboxylic acids is 1. The minimum Gasteiger partial charge on any atom is -0.493 e. The summed E-state index contributed by atoms with van der Waals surface area (Å²) >= 11 is 6.24. The topological polar surface area (TPSA) is 62.2 Å². The molecule has 3 heterocycles. The zero-order chi connectivity index (χ0) is 23.7. The number of amides is 1. The van der Waals surface area contributed by atoms with Gasteiger partial charge >= 0.3 is 0 Å². The summed E-state index contributed by atoms with van der Waals surface area (Å²) in [4.78, 5) is 15.2. The zero-order valence-corrected chi connectivity index (χ0v) is 20.0. The summed E-state index contributed by atoms with van der Waals surface area (Å²) in [5.41, 5.74) is 2.16. The molecule has 3 aromatic rings. The van der Waals surface area contributed by atoms with Gasteiger partial charge in [-0.25, -0.2) is 0 Å². The normalized spacial score (nSPS) is 15.9. The Balaban J connectivity index is 1.32. The van der Waals surface area contributed by atoms with Crippen LogP contribution in [0.4, 0.5) is 0 Å². The molecule has 0 aliphatic carbocycles. The second-order valence-corrected chi connectivity index (χ2v) is 8.91. The zero-order valence-electron chi connectivity index (χ0n) is 19.3. The molecule has 1 saturated heterocycles. The van der Waals surface area contributed by atoms with Crippen LogP contribution in [0.2, 0.25) is 5.02 Å². The fraction of sp³-hybridized carbons (Fsp3) is 0.346. The van der Waals surface area contributed by atoms with Crippen molar-refractivity contribution in [2.75, 3.05) is 40.5 Å². The van der Waals surface area contributed by atoms with Gasteiger partial charge in [-0.15, -0.1) is 0 Å². The van der Waals surface area contributed by atoms with Crippen LogP contribution >= 0.6 is 11.6 Å². The number of carbonyl (C=O) groups is 1. The summed E-state index contributed by atoms with van der Waals surface area (Å²) in [7, 11) is 3.19. The van der Waals surface area contributed by atoms with Gasteiger partial charge in [-0.1, -0.05) is 11.6 Å². The van der Waals surface area contributed by atoms with Gasteiger partial charge in [0.25, 0.3) is 5.91 Å². The number of benzene rings is 2. The SMILES string of the molecule is COCCOc1ccc(C(=O)N2CCC3(CC2)Oc2cc(Cl)ccc2-n2cccc23)cc1OC. The molecule has 1 amide bonds. The van der Waals surface area contributed by atoms with Crippen LogP contribution in [0.15, 0.2) is 54.7 Å². The summed E-state index contributed by atoms with van der Waals surface area (Å²) in [5.74, 6) is 1.84. The van der Waals surface area contributed by atoms with Crippen LogP contribution in [0, 0.1) is 0 Å². The fourth-order valence-electron chi connectivity index (χ4n) is 4.76. The minimum absolute atomic E-state index is 0.0359. The maximum Gasteiger partial charge on any atom is 0.253 e. The molecule has 0 bridgehead atoms. The van der Waals surface area contributed by atoms with Crippen LogP contribution in [-0.2, 0) is 10.3 Å². The van der Waals surface area contributed by atoms with Gasteiger partial charge in [-0.3, -0.25) is 4.79 Å².